The lowest BCUT2D eigenvalue weighted by molar-refractivity contribution is -0.192. The van der Waals surface area contributed by atoms with Crippen molar-refractivity contribution >= 4 is 11.8 Å². The molecule has 9 heteroatoms. The number of aliphatic carboxylic acids is 1. The maximum absolute atomic E-state index is 10.6. The topological polar surface area (TPSA) is 70.4 Å². The van der Waals surface area contributed by atoms with Crippen LogP contribution in [0.1, 0.15) is 6.42 Å². The molecule has 0 aliphatic carbocycles. The number of anilines is 1. The predicted octanol–water partition coefficient (Wildman–Crippen LogP) is 0.604. The van der Waals surface area contributed by atoms with Crippen molar-refractivity contribution in [3.63, 3.8) is 0 Å². The van der Waals surface area contributed by atoms with Gasteiger partial charge in [0.15, 0.2) is 5.82 Å². The Morgan fingerprint density at radius 3 is 2.30 bits per heavy atom. The Balaban J connectivity index is 0.000000182. The number of piperazine rings is 1. The van der Waals surface area contributed by atoms with Crippen LogP contribution in [0, 0.1) is 0 Å². The van der Waals surface area contributed by atoms with Crippen LogP contribution < -0.4 is 10.2 Å². The molecule has 0 saturated carbocycles. The lowest BCUT2D eigenvalue weighted by Gasteiger charge is -2.48. The molecule has 1 aromatic rings. The summed E-state index contributed by atoms with van der Waals surface area (Å²) in [5.74, 6) is -1.63. The van der Waals surface area contributed by atoms with Crippen LogP contribution in [0.5, 0.6) is 0 Å². The molecule has 0 amide bonds. The third-order valence-electron chi connectivity index (χ3n) is 3.19. The molecule has 2 N–H and O–H groups in total. The van der Waals surface area contributed by atoms with Gasteiger partial charge in [-0.05, 0) is 6.42 Å². The zero-order chi connectivity index (χ0) is 14.9. The highest BCUT2D eigenvalue weighted by molar-refractivity contribution is 5.73. The summed E-state index contributed by atoms with van der Waals surface area (Å²) in [6.07, 6.45) is -1.73. The van der Waals surface area contributed by atoms with Crippen molar-refractivity contribution in [2.75, 3.05) is 18.0 Å². The van der Waals surface area contributed by atoms with Gasteiger partial charge >= 0.3 is 12.1 Å². The third kappa shape index (κ3) is 3.41. The van der Waals surface area contributed by atoms with Crippen LogP contribution in [0.3, 0.4) is 0 Å². The van der Waals surface area contributed by atoms with Crippen molar-refractivity contribution in [1.29, 1.82) is 0 Å². The van der Waals surface area contributed by atoms with E-state index in [1.54, 1.807) is 0 Å². The lowest BCUT2D eigenvalue weighted by atomic mass is 9.91. The normalized spacial score (nSPS) is 24.5. The van der Waals surface area contributed by atoms with Gasteiger partial charge in [0, 0.05) is 44.5 Å². The second-order valence-corrected chi connectivity index (χ2v) is 4.85. The minimum Gasteiger partial charge on any atom is -0.475 e. The van der Waals surface area contributed by atoms with E-state index >= 15 is 0 Å². The van der Waals surface area contributed by atoms with Crippen LogP contribution in [-0.4, -0.2) is 52.2 Å². The molecule has 4 heterocycles. The fourth-order valence-corrected chi connectivity index (χ4v) is 2.27. The largest absolute Gasteiger partial charge is 0.490 e. The molecule has 2 bridgehead atoms. The van der Waals surface area contributed by atoms with Crippen molar-refractivity contribution < 1.29 is 23.1 Å². The molecule has 1 aromatic heterocycles. The van der Waals surface area contributed by atoms with E-state index in [2.05, 4.69) is 21.4 Å². The lowest BCUT2D eigenvalue weighted by Crippen LogP contribution is -2.67. The number of aryl methyl sites for hydroxylation is 1. The number of nitrogens with zero attached hydrogens (tertiary/aromatic N) is 3. The quantitative estimate of drug-likeness (QED) is 0.793. The average Bonchev–Trinajstić information content (AvgIpc) is 2.75. The molecule has 4 rings (SSSR count). The minimum absolute atomic E-state index is 0.709. The molecule has 3 fully saturated rings. The number of rotatable bonds is 1. The van der Waals surface area contributed by atoms with Crippen molar-refractivity contribution in [3.05, 3.63) is 12.3 Å². The number of carboxylic acids is 1. The smallest absolute Gasteiger partial charge is 0.475 e. The number of alkyl halides is 3. The number of hydrogen-bond acceptors (Lipinski definition) is 4. The van der Waals surface area contributed by atoms with E-state index in [4.69, 9.17) is 9.90 Å². The standard InChI is InChI=1S/C9H14N4.C2HF3O2/c1-12-3-2-9(11-12)13-5-7-4-8(6-13)10-7;3-2(4,5)1(6)7/h2-3,7-8,10H,4-6H2,1H3;(H,6,7). The molecule has 112 valence electrons. The molecular formula is C11H15F3N4O2. The molecule has 0 aromatic carbocycles. The summed E-state index contributed by atoms with van der Waals surface area (Å²) in [7, 11) is 1.96. The molecular weight excluding hydrogens is 277 g/mol. The van der Waals surface area contributed by atoms with Crippen LogP contribution >= 0.6 is 0 Å². The van der Waals surface area contributed by atoms with E-state index in [9.17, 15) is 13.2 Å². The van der Waals surface area contributed by atoms with Crippen LogP contribution in [0.15, 0.2) is 12.3 Å². The number of carboxylic acid groups (broad SMARTS) is 1. The number of nitrogens with one attached hydrogen (secondary N) is 1. The Hall–Kier alpha value is -1.77. The van der Waals surface area contributed by atoms with Crippen molar-refractivity contribution in [2.45, 2.75) is 24.7 Å². The highest BCUT2D eigenvalue weighted by atomic mass is 19.4. The van der Waals surface area contributed by atoms with Crippen molar-refractivity contribution in [1.82, 2.24) is 15.1 Å². The van der Waals surface area contributed by atoms with E-state index in [1.165, 1.54) is 6.42 Å². The van der Waals surface area contributed by atoms with Gasteiger partial charge in [-0.25, -0.2) is 4.79 Å². The van der Waals surface area contributed by atoms with Crippen LogP contribution in [0.25, 0.3) is 0 Å². The van der Waals surface area contributed by atoms with Gasteiger partial charge in [0.25, 0.3) is 0 Å². The Kier molecular flexibility index (Phi) is 3.89. The molecule has 3 saturated heterocycles. The Morgan fingerprint density at radius 1 is 1.45 bits per heavy atom. The van der Waals surface area contributed by atoms with Crippen LogP contribution in [-0.2, 0) is 11.8 Å². The van der Waals surface area contributed by atoms with Crippen molar-refractivity contribution in [3.8, 4) is 0 Å². The number of carbonyl (C=O) groups is 1. The predicted molar refractivity (Wildman–Crippen MR) is 64.4 cm³/mol. The molecule has 6 nitrogen and oxygen atoms in total. The number of fused-ring (bicyclic) bond motifs is 2. The third-order valence-corrected chi connectivity index (χ3v) is 3.19. The first-order valence-electron chi connectivity index (χ1n) is 6.06. The van der Waals surface area contributed by atoms with Gasteiger partial charge in [-0.2, -0.15) is 18.3 Å². The fourth-order valence-electron chi connectivity index (χ4n) is 2.27. The monoisotopic (exact) mass is 292 g/mol. The summed E-state index contributed by atoms with van der Waals surface area (Å²) in [6.45, 7) is 2.24. The summed E-state index contributed by atoms with van der Waals surface area (Å²) in [5.41, 5.74) is 0. The number of piperidine rings is 1. The molecule has 2 atom stereocenters. The molecule has 2 unspecified atom stereocenters. The van der Waals surface area contributed by atoms with Gasteiger partial charge in [0.2, 0.25) is 0 Å². The van der Waals surface area contributed by atoms with Gasteiger partial charge in [-0.3, -0.25) is 4.68 Å². The zero-order valence-corrected chi connectivity index (χ0v) is 10.8. The van der Waals surface area contributed by atoms with Gasteiger partial charge in [-0.15, -0.1) is 0 Å². The second-order valence-electron chi connectivity index (χ2n) is 4.85. The number of hydrogen-bond donors (Lipinski definition) is 2. The highest BCUT2D eigenvalue weighted by Crippen LogP contribution is 2.24. The fraction of sp³-hybridized carbons (Fsp3) is 0.636. The first-order chi connectivity index (χ1) is 9.25. The van der Waals surface area contributed by atoms with Gasteiger partial charge in [0.05, 0.1) is 0 Å². The van der Waals surface area contributed by atoms with Crippen LogP contribution in [0.4, 0.5) is 19.0 Å². The Bertz CT molecular complexity index is 472. The first kappa shape index (κ1) is 14.6. The van der Waals surface area contributed by atoms with E-state index in [0.29, 0.717) is 12.1 Å². The number of aromatic nitrogens is 2. The maximum Gasteiger partial charge on any atom is 0.490 e. The SMILES string of the molecule is Cn1ccc(N2CC3CC(C2)N3)n1.O=C(O)C(F)(F)F. The molecule has 0 spiro atoms. The van der Waals surface area contributed by atoms with Gasteiger partial charge < -0.3 is 15.3 Å². The minimum atomic E-state index is -5.08. The highest BCUT2D eigenvalue weighted by Gasteiger charge is 2.38. The van der Waals surface area contributed by atoms with Gasteiger partial charge in [-0.1, -0.05) is 0 Å². The van der Waals surface area contributed by atoms with E-state index in [-0.39, 0.29) is 0 Å². The van der Waals surface area contributed by atoms with Crippen LogP contribution in [0.2, 0.25) is 0 Å². The van der Waals surface area contributed by atoms with E-state index in [0.717, 1.165) is 18.9 Å². The number of halogens is 3. The Morgan fingerprint density at radius 2 is 1.95 bits per heavy atom. The summed E-state index contributed by atoms with van der Waals surface area (Å²) in [4.78, 5) is 11.3. The second kappa shape index (κ2) is 5.31. The average molecular weight is 292 g/mol. The molecule has 20 heavy (non-hydrogen) atoms. The summed E-state index contributed by atoms with van der Waals surface area (Å²) >= 11 is 0. The zero-order valence-electron chi connectivity index (χ0n) is 10.8. The molecule has 3 aliphatic rings. The van der Waals surface area contributed by atoms with E-state index in [1.807, 2.05) is 17.9 Å². The first-order valence-corrected chi connectivity index (χ1v) is 6.06. The Labute approximate surface area is 113 Å². The van der Waals surface area contributed by atoms with Gasteiger partial charge in [0.1, 0.15) is 0 Å². The summed E-state index contributed by atoms with van der Waals surface area (Å²) in [5, 5.41) is 15.0. The van der Waals surface area contributed by atoms with Crippen molar-refractivity contribution in [2.24, 2.45) is 7.05 Å². The summed E-state index contributed by atoms with van der Waals surface area (Å²) < 4.78 is 33.6. The molecule has 3 aliphatic heterocycles. The van der Waals surface area contributed by atoms with E-state index < -0.39 is 12.1 Å². The molecule has 0 radical (unpaired) electrons. The maximum atomic E-state index is 10.6. The summed E-state index contributed by atoms with van der Waals surface area (Å²) in [6, 6.07) is 3.51.